The third-order valence-electron chi connectivity index (χ3n) is 5.18. The Hall–Kier alpha value is -3.94. The van der Waals surface area contributed by atoms with E-state index >= 15 is 0 Å². The average Bonchev–Trinajstić information content (AvgIpc) is 2.88. The Morgan fingerprint density at radius 2 is 1.26 bits per heavy atom. The van der Waals surface area contributed by atoms with Gasteiger partial charge in [-0.3, -0.25) is 0 Å². The van der Waals surface area contributed by atoms with Crippen molar-refractivity contribution in [1.29, 1.82) is 0 Å². The average molecular weight is 473 g/mol. The number of ether oxygens (including phenoxy) is 1. The Kier molecular flexibility index (Phi) is 7.37. The molecule has 4 aromatic rings. The van der Waals surface area contributed by atoms with Gasteiger partial charge < -0.3 is 10.1 Å². The van der Waals surface area contributed by atoms with Gasteiger partial charge in [-0.1, -0.05) is 91.0 Å². The molecule has 0 aliphatic rings. The predicted molar refractivity (Wildman–Crippen MR) is 132 cm³/mol. The van der Waals surface area contributed by atoms with E-state index in [0.717, 1.165) is 16.7 Å². The quantitative estimate of drug-likeness (QED) is 0.373. The van der Waals surface area contributed by atoms with Gasteiger partial charge in [0.05, 0.1) is 4.90 Å². The van der Waals surface area contributed by atoms with E-state index in [1.54, 1.807) is 42.5 Å². The minimum atomic E-state index is -3.67. The Bertz CT molecular complexity index is 1360. The lowest BCUT2D eigenvalue weighted by molar-refractivity contribution is 0.200. The van der Waals surface area contributed by atoms with Crippen molar-refractivity contribution in [1.82, 2.24) is 10.0 Å². The number of rotatable bonds is 8. The molecule has 2 N–H and O–H groups in total. The van der Waals surface area contributed by atoms with Gasteiger partial charge in [0, 0.05) is 18.7 Å². The molecule has 7 heteroatoms. The van der Waals surface area contributed by atoms with Crippen molar-refractivity contribution in [3.05, 3.63) is 120 Å². The standard InChI is InChI=1S/C27H24N2O4S/c30-27(28-19-21-11-3-1-4-12-21)33-26-18-10-9-17-25(26)24-16-8-7-13-22(24)20-29-34(31,32)23-14-5-2-6-15-23/h1-18,29H,19-20H2,(H,28,30). The second-order valence-corrected chi connectivity index (χ2v) is 9.29. The molecular weight excluding hydrogens is 448 g/mol. The summed E-state index contributed by atoms with van der Waals surface area (Å²) < 4.78 is 33.6. The summed E-state index contributed by atoms with van der Waals surface area (Å²) in [4.78, 5) is 12.6. The number of hydrogen-bond donors (Lipinski definition) is 2. The first kappa shape index (κ1) is 23.2. The molecule has 4 aromatic carbocycles. The minimum Gasteiger partial charge on any atom is -0.410 e. The van der Waals surface area contributed by atoms with Gasteiger partial charge >= 0.3 is 6.09 Å². The van der Waals surface area contributed by atoms with Crippen molar-refractivity contribution in [2.75, 3.05) is 0 Å². The molecule has 0 heterocycles. The zero-order chi connectivity index (χ0) is 23.8. The fourth-order valence-electron chi connectivity index (χ4n) is 3.48. The van der Waals surface area contributed by atoms with Gasteiger partial charge in [-0.2, -0.15) is 0 Å². The normalized spacial score (nSPS) is 11.1. The first-order valence-corrected chi connectivity index (χ1v) is 12.2. The summed E-state index contributed by atoms with van der Waals surface area (Å²) >= 11 is 0. The van der Waals surface area contributed by atoms with Crippen LogP contribution in [-0.4, -0.2) is 14.5 Å². The van der Waals surface area contributed by atoms with E-state index in [0.29, 0.717) is 17.9 Å². The summed E-state index contributed by atoms with van der Waals surface area (Å²) in [5.41, 5.74) is 3.17. The van der Waals surface area contributed by atoms with Crippen LogP contribution in [0.4, 0.5) is 4.79 Å². The molecule has 0 aliphatic carbocycles. The largest absolute Gasteiger partial charge is 0.412 e. The summed E-state index contributed by atoms with van der Waals surface area (Å²) in [5.74, 6) is 0.381. The highest BCUT2D eigenvalue weighted by molar-refractivity contribution is 7.89. The zero-order valence-corrected chi connectivity index (χ0v) is 19.2. The van der Waals surface area contributed by atoms with E-state index < -0.39 is 16.1 Å². The Morgan fingerprint density at radius 1 is 0.676 bits per heavy atom. The SMILES string of the molecule is O=C(NCc1ccccc1)Oc1ccccc1-c1ccccc1CNS(=O)(=O)c1ccccc1. The van der Waals surface area contributed by atoms with Gasteiger partial charge in [0.15, 0.2) is 0 Å². The van der Waals surface area contributed by atoms with Gasteiger partial charge in [0.25, 0.3) is 0 Å². The predicted octanol–water partition coefficient (Wildman–Crippen LogP) is 5.12. The van der Waals surface area contributed by atoms with Crippen LogP contribution in [0, 0.1) is 0 Å². The highest BCUT2D eigenvalue weighted by Crippen LogP contribution is 2.32. The van der Waals surface area contributed by atoms with Crippen LogP contribution in [-0.2, 0) is 23.1 Å². The van der Waals surface area contributed by atoms with Gasteiger partial charge in [-0.05, 0) is 34.9 Å². The molecule has 6 nitrogen and oxygen atoms in total. The van der Waals surface area contributed by atoms with Crippen molar-refractivity contribution in [3.63, 3.8) is 0 Å². The van der Waals surface area contributed by atoms with E-state index in [4.69, 9.17) is 4.74 Å². The first-order valence-electron chi connectivity index (χ1n) is 10.7. The third kappa shape index (κ3) is 5.89. The molecule has 0 unspecified atom stereocenters. The Labute approximate surface area is 199 Å². The first-order chi connectivity index (χ1) is 16.5. The van der Waals surface area contributed by atoms with Crippen LogP contribution in [0.25, 0.3) is 11.1 Å². The maximum absolute atomic E-state index is 12.7. The van der Waals surface area contributed by atoms with Crippen molar-refractivity contribution >= 4 is 16.1 Å². The molecule has 0 saturated carbocycles. The lowest BCUT2D eigenvalue weighted by atomic mass is 9.99. The van der Waals surface area contributed by atoms with Crippen molar-refractivity contribution < 1.29 is 17.9 Å². The summed E-state index contributed by atoms with van der Waals surface area (Å²) in [6, 6.07) is 32.4. The lowest BCUT2D eigenvalue weighted by Gasteiger charge is -2.15. The number of carbonyl (C=O) groups excluding carboxylic acids is 1. The molecule has 0 fully saturated rings. The molecule has 0 radical (unpaired) electrons. The van der Waals surface area contributed by atoms with Gasteiger partial charge in [-0.15, -0.1) is 0 Å². The van der Waals surface area contributed by atoms with E-state index in [1.807, 2.05) is 66.7 Å². The fourth-order valence-corrected chi connectivity index (χ4v) is 4.50. The summed E-state index contributed by atoms with van der Waals surface area (Å²) in [6.45, 7) is 0.432. The summed E-state index contributed by atoms with van der Waals surface area (Å²) in [6.07, 6.45) is -0.571. The zero-order valence-electron chi connectivity index (χ0n) is 18.3. The highest BCUT2D eigenvalue weighted by atomic mass is 32.2. The number of nitrogens with one attached hydrogen (secondary N) is 2. The second kappa shape index (κ2) is 10.8. The maximum Gasteiger partial charge on any atom is 0.412 e. The van der Waals surface area contributed by atoms with Gasteiger partial charge in [0.1, 0.15) is 5.75 Å². The number of sulfonamides is 1. The second-order valence-electron chi connectivity index (χ2n) is 7.52. The monoisotopic (exact) mass is 472 g/mol. The Morgan fingerprint density at radius 3 is 2.00 bits per heavy atom. The van der Waals surface area contributed by atoms with Crippen molar-refractivity contribution in [2.24, 2.45) is 0 Å². The number of benzene rings is 4. The van der Waals surface area contributed by atoms with Crippen LogP contribution in [0.15, 0.2) is 114 Å². The number of amides is 1. The van der Waals surface area contributed by atoms with Crippen LogP contribution in [0.1, 0.15) is 11.1 Å². The molecule has 172 valence electrons. The summed E-state index contributed by atoms with van der Waals surface area (Å²) in [5, 5.41) is 2.75. The van der Waals surface area contributed by atoms with Gasteiger partial charge in [0.2, 0.25) is 10.0 Å². The molecule has 4 rings (SSSR count). The molecule has 0 bridgehead atoms. The molecule has 0 aromatic heterocycles. The number of carbonyl (C=O) groups is 1. The topological polar surface area (TPSA) is 84.5 Å². The molecule has 0 aliphatic heterocycles. The number of para-hydroxylation sites is 1. The van der Waals surface area contributed by atoms with E-state index in [-0.39, 0.29) is 11.4 Å². The number of hydrogen-bond acceptors (Lipinski definition) is 4. The highest BCUT2D eigenvalue weighted by Gasteiger charge is 2.16. The van der Waals surface area contributed by atoms with Crippen LogP contribution in [0.3, 0.4) is 0 Å². The van der Waals surface area contributed by atoms with Crippen LogP contribution < -0.4 is 14.8 Å². The Balaban J connectivity index is 1.51. The third-order valence-corrected chi connectivity index (χ3v) is 6.60. The molecule has 1 amide bonds. The molecule has 0 atom stereocenters. The molecule has 0 saturated heterocycles. The van der Waals surface area contributed by atoms with Gasteiger partial charge in [-0.25, -0.2) is 17.9 Å². The molecular formula is C27H24N2O4S. The smallest absolute Gasteiger partial charge is 0.410 e. The van der Waals surface area contributed by atoms with Crippen LogP contribution in [0.5, 0.6) is 5.75 Å². The van der Waals surface area contributed by atoms with Crippen molar-refractivity contribution in [2.45, 2.75) is 18.0 Å². The minimum absolute atomic E-state index is 0.0853. The molecule has 34 heavy (non-hydrogen) atoms. The molecule has 0 spiro atoms. The van der Waals surface area contributed by atoms with E-state index in [2.05, 4.69) is 10.0 Å². The van der Waals surface area contributed by atoms with Crippen LogP contribution in [0.2, 0.25) is 0 Å². The van der Waals surface area contributed by atoms with Crippen molar-refractivity contribution in [3.8, 4) is 16.9 Å². The summed E-state index contributed by atoms with van der Waals surface area (Å²) in [7, 11) is -3.67. The maximum atomic E-state index is 12.7. The van der Waals surface area contributed by atoms with E-state index in [1.165, 1.54) is 0 Å². The fraction of sp³-hybridized carbons (Fsp3) is 0.0741. The van der Waals surface area contributed by atoms with E-state index in [9.17, 15) is 13.2 Å². The lowest BCUT2D eigenvalue weighted by Crippen LogP contribution is -2.26. The van der Waals surface area contributed by atoms with Crippen LogP contribution >= 0.6 is 0 Å².